The van der Waals surface area contributed by atoms with Crippen molar-refractivity contribution in [1.29, 1.82) is 0 Å². The van der Waals surface area contributed by atoms with Gasteiger partial charge in [-0.3, -0.25) is 24.2 Å². The summed E-state index contributed by atoms with van der Waals surface area (Å²) < 4.78 is 0. The van der Waals surface area contributed by atoms with Crippen LogP contribution in [0.1, 0.15) is 45.1 Å². The number of hydrogen-bond donors (Lipinski definition) is 8. The third-order valence-electron chi connectivity index (χ3n) is 6.00. The minimum atomic E-state index is -1.55. The normalized spacial score (nSPS) is 14.5. The highest BCUT2D eigenvalue weighted by atomic mass is 16.4. The highest BCUT2D eigenvalue weighted by Crippen LogP contribution is 2.10. The Morgan fingerprint density at radius 3 is 2.05 bits per heavy atom. The number of carbonyl (C=O) groups is 5. The molecule has 3 amide bonds. The van der Waals surface area contributed by atoms with E-state index in [2.05, 4.69) is 20.9 Å². The second-order valence-corrected chi connectivity index (χ2v) is 9.18. The van der Waals surface area contributed by atoms with E-state index in [4.69, 9.17) is 17.2 Å². The summed E-state index contributed by atoms with van der Waals surface area (Å²) in [5.74, 6) is -5.68. The second kappa shape index (κ2) is 16.6. The lowest BCUT2D eigenvalue weighted by Crippen LogP contribution is -2.58. The molecule has 0 aromatic heterocycles. The fraction of sp³-hybridized carbons (Fsp3) is 0.520. The van der Waals surface area contributed by atoms with Crippen LogP contribution in [0.15, 0.2) is 35.3 Å². The molecule has 0 saturated carbocycles. The predicted molar refractivity (Wildman–Crippen MR) is 143 cm³/mol. The van der Waals surface area contributed by atoms with Crippen LogP contribution in [-0.2, 0) is 30.4 Å². The van der Waals surface area contributed by atoms with Crippen molar-refractivity contribution < 1.29 is 34.2 Å². The second-order valence-electron chi connectivity index (χ2n) is 9.18. The molecule has 11 N–H and O–H groups in total. The largest absolute Gasteiger partial charge is 0.481 e. The summed E-state index contributed by atoms with van der Waals surface area (Å²) in [6.45, 7) is 3.55. The fourth-order valence-corrected chi connectivity index (χ4v) is 3.61. The van der Waals surface area contributed by atoms with Crippen LogP contribution in [0.3, 0.4) is 0 Å². The number of aliphatic carboxylic acids is 2. The maximum Gasteiger partial charge on any atom is 0.326 e. The summed E-state index contributed by atoms with van der Waals surface area (Å²) in [4.78, 5) is 65.7. The van der Waals surface area contributed by atoms with E-state index < -0.39 is 66.2 Å². The van der Waals surface area contributed by atoms with Crippen LogP contribution in [0.4, 0.5) is 0 Å². The number of rotatable bonds is 17. The number of nitrogens with two attached hydrogens (primary N) is 3. The maximum atomic E-state index is 13.1. The van der Waals surface area contributed by atoms with Gasteiger partial charge in [-0.05, 0) is 30.7 Å². The molecule has 0 radical (unpaired) electrons. The molecule has 0 heterocycles. The van der Waals surface area contributed by atoms with E-state index in [9.17, 15) is 34.2 Å². The number of hydrogen-bond acceptors (Lipinski definition) is 7. The van der Waals surface area contributed by atoms with Gasteiger partial charge >= 0.3 is 11.9 Å². The highest BCUT2D eigenvalue weighted by Gasteiger charge is 2.32. The quantitative estimate of drug-likeness (QED) is 0.0645. The van der Waals surface area contributed by atoms with E-state index in [-0.39, 0.29) is 31.8 Å². The van der Waals surface area contributed by atoms with Crippen LogP contribution in [0, 0.1) is 5.92 Å². The van der Waals surface area contributed by atoms with Gasteiger partial charge in [0.1, 0.15) is 18.1 Å². The number of aliphatic imine (C=N–C) groups is 1. The molecule has 0 aliphatic carbocycles. The van der Waals surface area contributed by atoms with Gasteiger partial charge in [0.25, 0.3) is 0 Å². The van der Waals surface area contributed by atoms with Crippen molar-refractivity contribution in [1.82, 2.24) is 16.0 Å². The first-order chi connectivity index (χ1) is 18.3. The van der Waals surface area contributed by atoms with Gasteiger partial charge in [0.2, 0.25) is 17.7 Å². The van der Waals surface area contributed by atoms with Gasteiger partial charge in [0, 0.05) is 6.54 Å². The van der Waals surface area contributed by atoms with Crippen LogP contribution in [-0.4, -0.2) is 76.5 Å². The molecule has 0 spiro atoms. The smallest absolute Gasteiger partial charge is 0.326 e. The molecule has 0 aliphatic rings. The summed E-state index contributed by atoms with van der Waals surface area (Å²) in [5, 5.41) is 26.0. The Kier molecular flexibility index (Phi) is 14.0. The lowest BCUT2D eigenvalue weighted by molar-refractivity contribution is -0.144. The van der Waals surface area contributed by atoms with Crippen molar-refractivity contribution in [3.8, 4) is 0 Å². The maximum absolute atomic E-state index is 13.1. The van der Waals surface area contributed by atoms with Crippen LogP contribution < -0.4 is 33.2 Å². The van der Waals surface area contributed by atoms with Gasteiger partial charge in [-0.25, -0.2) is 4.79 Å². The monoisotopic (exact) mass is 549 g/mol. The number of amides is 3. The zero-order valence-electron chi connectivity index (χ0n) is 22.1. The third-order valence-corrected chi connectivity index (χ3v) is 6.00. The molecule has 0 fully saturated rings. The molecule has 5 atom stereocenters. The van der Waals surface area contributed by atoms with E-state index in [0.29, 0.717) is 6.42 Å². The topological polar surface area (TPSA) is 252 Å². The van der Waals surface area contributed by atoms with Crippen molar-refractivity contribution in [2.24, 2.45) is 28.1 Å². The molecule has 39 heavy (non-hydrogen) atoms. The lowest BCUT2D eigenvalue weighted by Gasteiger charge is -2.26. The summed E-state index contributed by atoms with van der Waals surface area (Å²) in [6, 6.07) is 3.79. The van der Waals surface area contributed by atoms with Crippen LogP contribution in [0.2, 0.25) is 0 Å². The van der Waals surface area contributed by atoms with Gasteiger partial charge in [-0.2, -0.15) is 0 Å². The molecular weight excluding hydrogens is 510 g/mol. The van der Waals surface area contributed by atoms with E-state index >= 15 is 0 Å². The first kappa shape index (κ1) is 32.8. The zero-order valence-corrected chi connectivity index (χ0v) is 22.1. The summed E-state index contributed by atoms with van der Waals surface area (Å²) in [5.41, 5.74) is 17.4. The van der Waals surface area contributed by atoms with Gasteiger partial charge in [0.15, 0.2) is 5.96 Å². The Labute approximate surface area is 226 Å². The molecule has 14 heteroatoms. The molecule has 14 nitrogen and oxygen atoms in total. The third kappa shape index (κ3) is 12.3. The van der Waals surface area contributed by atoms with Crippen molar-refractivity contribution in [3.05, 3.63) is 35.9 Å². The van der Waals surface area contributed by atoms with Gasteiger partial charge < -0.3 is 43.4 Å². The number of carboxylic acid groups (broad SMARTS) is 2. The average molecular weight is 550 g/mol. The first-order valence-corrected chi connectivity index (χ1v) is 12.6. The van der Waals surface area contributed by atoms with Crippen LogP contribution in [0.5, 0.6) is 0 Å². The number of nitrogens with zero attached hydrogens (tertiary/aromatic N) is 1. The first-order valence-electron chi connectivity index (χ1n) is 12.6. The molecular formula is C25H39N7O7. The molecule has 0 aliphatic heterocycles. The number of guanidine groups is 1. The number of benzene rings is 1. The van der Waals surface area contributed by atoms with Gasteiger partial charge in [-0.15, -0.1) is 0 Å². The minimum Gasteiger partial charge on any atom is -0.481 e. The van der Waals surface area contributed by atoms with Crippen molar-refractivity contribution in [2.45, 2.75) is 70.1 Å². The zero-order chi connectivity index (χ0) is 29.5. The Hall–Kier alpha value is -4.20. The Morgan fingerprint density at radius 2 is 1.51 bits per heavy atom. The molecule has 216 valence electrons. The van der Waals surface area contributed by atoms with Crippen LogP contribution >= 0.6 is 0 Å². The SMILES string of the molecule is CCC(C)C(NC(=O)C(CCCN=C(N)N)NC(=O)C(CC(=O)O)NC(=O)C(N)Cc1ccccc1)C(=O)O. The Morgan fingerprint density at radius 1 is 0.923 bits per heavy atom. The molecule has 0 saturated heterocycles. The lowest BCUT2D eigenvalue weighted by atomic mass is 9.98. The summed E-state index contributed by atoms with van der Waals surface area (Å²) >= 11 is 0. The molecule has 1 rings (SSSR count). The summed E-state index contributed by atoms with van der Waals surface area (Å²) in [7, 11) is 0. The van der Waals surface area contributed by atoms with Crippen molar-refractivity contribution >= 4 is 35.6 Å². The van der Waals surface area contributed by atoms with Crippen molar-refractivity contribution in [3.63, 3.8) is 0 Å². The molecule has 1 aromatic rings. The Balaban J connectivity index is 3.05. The minimum absolute atomic E-state index is 0.00244. The number of carbonyl (C=O) groups excluding carboxylic acids is 3. The Bertz CT molecular complexity index is 1020. The highest BCUT2D eigenvalue weighted by molar-refractivity contribution is 5.95. The average Bonchev–Trinajstić information content (AvgIpc) is 2.87. The van der Waals surface area contributed by atoms with E-state index in [1.165, 1.54) is 0 Å². The van der Waals surface area contributed by atoms with Crippen molar-refractivity contribution in [2.75, 3.05) is 6.54 Å². The van der Waals surface area contributed by atoms with E-state index in [1.807, 2.05) is 0 Å². The summed E-state index contributed by atoms with van der Waals surface area (Å²) in [6.07, 6.45) is 0.0745. The van der Waals surface area contributed by atoms with Gasteiger partial charge in [-0.1, -0.05) is 50.6 Å². The van der Waals surface area contributed by atoms with E-state index in [0.717, 1.165) is 5.56 Å². The van der Waals surface area contributed by atoms with Gasteiger partial charge in [0.05, 0.1) is 12.5 Å². The van der Waals surface area contributed by atoms with Crippen LogP contribution in [0.25, 0.3) is 0 Å². The fourth-order valence-electron chi connectivity index (χ4n) is 3.61. The standard InChI is InChI=1S/C25H39N7O7/c1-3-14(2)20(24(38)39)32-22(36)17(10-7-11-29-25(27)28)30-23(37)18(13-19(33)34)31-21(35)16(26)12-15-8-5-4-6-9-15/h4-6,8-9,14,16-18,20H,3,7,10-13,26H2,1-2H3,(H,30,37)(H,31,35)(H,32,36)(H,33,34)(H,38,39)(H4,27,28,29). The number of carboxylic acids is 2. The predicted octanol–water partition coefficient (Wildman–Crippen LogP) is -1.33. The molecule has 0 bridgehead atoms. The number of nitrogens with one attached hydrogen (secondary N) is 3. The molecule has 5 unspecified atom stereocenters. The van der Waals surface area contributed by atoms with E-state index in [1.54, 1.807) is 44.2 Å². The molecule has 1 aromatic carbocycles.